The minimum absolute atomic E-state index is 0.0168. The number of thiophene rings is 1. The van der Waals surface area contributed by atoms with Gasteiger partial charge >= 0.3 is 0 Å². The minimum atomic E-state index is -0.343. The van der Waals surface area contributed by atoms with Crippen molar-refractivity contribution in [2.24, 2.45) is 0 Å². The van der Waals surface area contributed by atoms with Crippen LogP contribution in [0.3, 0.4) is 0 Å². The average Bonchev–Trinajstić information content (AvgIpc) is 3.01. The molecule has 0 N–H and O–H groups in total. The Morgan fingerprint density at radius 1 is 1.36 bits per heavy atom. The van der Waals surface area contributed by atoms with Crippen LogP contribution in [-0.2, 0) is 11.3 Å². The van der Waals surface area contributed by atoms with Crippen LogP contribution in [0.2, 0.25) is 0 Å². The van der Waals surface area contributed by atoms with Crippen molar-refractivity contribution in [1.82, 2.24) is 14.5 Å². The highest BCUT2D eigenvalue weighted by atomic mass is 32.2. The Labute approximate surface area is 172 Å². The smallest absolute Gasteiger partial charge is 0.263 e. The Morgan fingerprint density at radius 2 is 2.04 bits per heavy atom. The fourth-order valence-corrected chi connectivity index (χ4v) is 5.31. The Hall–Kier alpha value is -2.38. The third-order valence-corrected chi connectivity index (χ3v) is 6.75. The first-order chi connectivity index (χ1) is 13.3. The SMILES string of the molecule is C=CCn1c(S[C@@H](C)C(=O)N(C)C)nc2sc(-c3ccccc3)c(C)c2c1=O. The van der Waals surface area contributed by atoms with Gasteiger partial charge < -0.3 is 4.90 Å². The highest BCUT2D eigenvalue weighted by molar-refractivity contribution is 8.00. The number of amides is 1. The number of hydrogen-bond donors (Lipinski definition) is 0. The lowest BCUT2D eigenvalue weighted by Gasteiger charge is -2.17. The van der Waals surface area contributed by atoms with Crippen LogP contribution in [0.4, 0.5) is 0 Å². The van der Waals surface area contributed by atoms with E-state index in [1.54, 1.807) is 29.6 Å². The summed E-state index contributed by atoms with van der Waals surface area (Å²) < 4.78 is 1.61. The van der Waals surface area contributed by atoms with Gasteiger partial charge in [-0.25, -0.2) is 4.98 Å². The molecule has 0 fully saturated rings. The van der Waals surface area contributed by atoms with Gasteiger partial charge in [-0.15, -0.1) is 17.9 Å². The summed E-state index contributed by atoms with van der Waals surface area (Å²) in [6.45, 7) is 7.91. The molecule has 0 spiro atoms. The van der Waals surface area contributed by atoms with Gasteiger partial charge in [-0.2, -0.15) is 0 Å². The quantitative estimate of drug-likeness (QED) is 0.345. The molecule has 0 aliphatic heterocycles. The van der Waals surface area contributed by atoms with Gasteiger partial charge in [0, 0.05) is 25.5 Å². The van der Waals surface area contributed by atoms with Crippen molar-refractivity contribution < 1.29 is 4.79 Å². The zero-order chi connectivity index (χ0) is 20.4. The molecule has 3 aromatic rings. The topological polar surface area (TPSA) is 55.2 Å². The van der Waals surface area contributed by atoms with Gasteiger partial charge in [-0.1, -0.05) is 48.2 Å². The number of benzene rings is 1. The van der Waals surface area contributed by atoms with E-state index < -0.39 is 0 Å². The summed E-state index contributed by atoms with van der Waals surface area (Å²) in [6.07, 6.45) is 1.68. The summed E-state index contributed by atoms with van der Waals surface area (Å²) >= 11 is 2.82. The largest absolute Gasteiger partial charge is 0.348 e. The number of rotatable bonds is 6. The van der Waals surface area contributed by atoms with Gasteiger partial charge in [-0.3, -0.25) is 14.2 Å². The number of carbonyl (C=O) groups is 1. The molecule has 0 unspecified atom stereocenters. The molecular weight excluding hydrogens is 390 g/mol. The Balaban J connectivity index is 2.17. The molecule has 0 saturated carbocycles. The van der Waals surface area contributed by atoms with E-state index in [1.807, 2.05) is 44.2 Å². The fourth-order valence-electron chi connectivity index (χ4n) is 3.01. The molecule has 0 bridgehead atoms. The first kappa shape index (κ1) is 20.4. The summed E-state index contributed by atoms with van der Waals surface area (Å²) in [4.78, 5) is 33.6. The number of carbonyl (C=O) groups excluding carboxylic acids is 1. The Kier molecular flexibility index (Phi) is 6.05. The molecule has 1 aromatic carbocycles. The molecule has 0 radical (unpaired) electrons. The van der Waals surface area contributed by atoms with Crippen molar-refractivity contribution in [2.75, 3.05) is 14.1 Å². The molecule has 0 aliphatic carbocycles. The third kappa shape index (κ3) is 3.77. The number of allylic oxidation sites excluding steroid dienone is 1. The molecule has 28 heavy (non-hydrogen) atoms. The molecule has 5 nitrogen and oxygen atoms in total. The van der Waals surface area contributed by atoms with E-state index in [4.69, 9.17) is 4.98 Å². The Bertz CT molecular complexity index is 1080. The van der Waals surface area contributed by atoms with Crippen LogP contribution < -0.4 is 5.56 Å². The molecule has 0 aliphatic rings. The van der Waals surface area contributed by atoms with E-state index in [0.29, 0.717) is 21.9 Å². The van der Waals surface area contributed by atoms with Crippen LogP contribution in [0.15, 0.2) is 52.9 Å². The van der Waals surface area contributed by atoms with E-state index in [2.05, 4.69) is 6.58 Å². The average molecular weight is 414 g/mol. The second-order valence-electron chi connectivity index (χ2n) is 6.69. The van der Waals surface area contributed by atoms with E-state index in [1.165, 1.54) is 23.1 Å². The zero-order valence-corrected chi connectivity index (χ0v) is 18.1. The maximum Gasteiger partial charge on any atom is 0.263 e. The lowest BCUT2D eigenvalue weighted by molar-refractivity contribution is -0.127. The summed E-state index contributed by atoms with van der Waals surface area (Å²) in [5, 5.41) is 0.840. The number of thioether (sulfide) groups is 1. The number of aromatic nitrogens is 2. The van der Waals surface area contributed by atoms with Crippen LogP contribution in [0.5, 0.6) is 0 Å². The number of aryl methyl sites for hydroxylation is 1. The minimum Gasteiger partial charge on any atom is -0.348 e. The third-order valence-electron chi connectivity index (χ3n) is 4.43. The normalized spacial score (nSPS) is 12.1. The van der Waals surface area contributed by atoms with E-state index in [-0.39, 0.29) is 16.7 Å². The van der Waals surface area contributed by atoms with Gasteiger partial charge in [0.25, 0.3) is 5.56 Å². The molecule has 1 amide bonds. The van der Waals surface area contributed by atoms with Crippen LogP contribution in [-0.4, -0.2) is 39.7 Å². The van der Waals surface area contributed by atoms with E-state index in [0.717, 1.165) is 16.0 Å². The van der Waals surface area contributed by atoms with Crippen LogP contribution in [0, 0.1) is 6.92 Å². The maximum atomic E-state index is 13.3. The monoisotopic (exact) mass is 413 g/mol. The van der Waals surface area contributed by atoms with Crippen molar-refractivity contribution in [3.63, 3.8) is 0 Å². The molecule has 1 atom stereocenters. The zero-order valence-electron chi connectivity index (χ0n) is 16.4. The second-order valence-corrected chi connectivity index (χ2v) is 9.00. The lowest BCUT2D eigenvalue weighted by atomic mass is 10.1. The summed E-state index contributed by atoms with van der Waals surface area (Å²) in [5.41, 5.74) is 1.92. The van der Waals surface area contributed by atoms with Gasteiger partial charge in [0.2, 0.25) is 5.91 Å². The summed E-state index contributed by atoms with van der Waals surface area (Å²) in [7, 11) is 3.45. The van der Waals surface area contributed by atoms with E-state index in [9.17, 15) is 9.59 Å². The second kappa shape index (κ2) is 8.32. The van der Waals surface area contributed by atoms with Crippen molar-refractivity contribution in [2.45, 2.75) is 30.8 Å². The van der Waals surface area contributed by atoms with Crippen LogP contribution in [0.1, 0.15) is 12.5 Å². The van der Waals surface area contributed by atoms with Crippen LogP contribution in [0.25, 0.3) is 20.7 Å². The molecule has 2 aromatic heterocycles. The van der Waals surface area contributed by atoms with E-state index >= 15 is 0 Å². The van der Waals surface area contributed by atoms with Gasteiger partial charge in [-0.05, 0) is 25.0 Å². The predicted molar refractivity (Wildman–Crippen MR) is 118 cm³/mol. The number of hydrogen-bond acceptors (Lipinski definition) is 5. The molecular formula is C21H23N3O2S2. The predicted octanol–water partition coefficient (Wildman–Crippen LogP) is 4.19. The number of nitrogens with zero attached hydrogens (tertiary/aromatic N) is 3. The summed E-state index contributed by atoms with van der Waals surface area (Å²) in [6, 6.07) is 10.0. The standard InChI is InChI=1S/C21H23N3O2S2/c1-6-12-24-20(26)16-13(2)17(15-10-8-7-9-11-15)28-18(16)22-21(24)27-14(3)19(25)23(4)5/h6-11,14H,1,12H2,2-5H3/t14-/m0/s1. The van der Waals surface area contributed by atoms with Crippen molar-refractivity contribution >= 4 is 39.2 Å². The molecule has 2 heterocycles. The fraction of sp³-hybridized carbons (Fsp3) is 0.286. The maximum absolute atomic E-state index is 13.3. The molecule has 7 heteroatoms. The van der Waals surface area contributed by atoms with Gasteiger partial charge in [0.05, 0.1) is 10.6 Å². The lowest BCUT2D eigenvalue weighted by Crippen LogP contribution is -2.31. The highest BCUT2D eigenvalue weighted by Gasteiger charge is 2.22. The van der Waals surface area contributed by atoms with Crippen molar-refractivity contribution in [1.29, 1.82) is 0 Å². The van der Waals surface area contributed by atoms with Gasteiger partial charge in [0.1, 0.15) is 4.83 Å². The van der Waals surface area contributed by atoms with Crippen LogP contribution >= 0.6 is 23.1 Å². The molecule has 3 rings (SSSR count). The number of fused-ring (bicyclic) bond motifs is 1. The summed E-state index contributed by atoms with van der Waals surface area (Å²) in [5.74, 6) is -0.0168. The highest BCUT2D eigenvalue weighted by Crippen LogP contribution is 2.36. The van der Waals surface area contributed by atoms with Crippen molar-refractivity contribution in [3.05, 3.63) is 58.9 Å². The van der Waals surface area contributed by atoms with Crippen molar-refractivity contribution in [3.8, 4) is 10.4 Å². The van der Waals surface area contributed by atoms with Gasteiger partial charge in [0.15, 0.2) is 5.16 Å². The Morgan fingerprint density at radius 3 is 2.64 bits per heavy atom. The molecule has 0 saturated heterocycles. The first-order valence-electron chi connectivity index (χ1n) is 8.93. The molecule has 146 valence electrons. The first-order valence-corrected chi connectivity index (χ1v) is 10.6.